The maximum absolute atomic E-state index is 5.51. The summed E-state index contributed by atoms with van der Waals surface area (Å²) >= 11 is 0. The van der Waals surface area contributed by atoms with Crippen molar-refractivity contribution in [3.05, 3.63) is 35.4 Å². The highest BCUT2D eigenvalue weighted by atomic mass is 16.5. The fourth-order valence-corrected chi connectivity index (χ4v) is 2.92. The van der Waals surface area contributed by atoms with Gasteiger partial charge in [-0.1, -0.05) is 6.07 Å². The number of methoxy groups -OCH3 is 2. The van der Waals surface area contributed by atoms with E-state index in [1.165, 1.54) is 6.42 Å². The van der Waals surface area contributed by atoms with Crippen LogP contribution in [0.5, 0.6) is 11.5 Å². The lowest BCUT2D eigenvalue weighted by atomic mass is 9.98. The van der Waals surface area contributed by atoms with Gasteiger partial charge >= 0.3 is 0 Å². The normalized spacial score (nSPS) is 17.9. The number of hydrogen-bond acceptors (Lipinski definition) is 5. The van der Waals surface area contributed by atoms with Crippen LogP contribution in [0.3, 0.4) is 0 Å². The minimum atomic E-state index is 0.536. The van der Waals surface area contributed by atoms with Gasteiger partial charge in [-0.2, -0.15) is 5.10 Å². The third-order valence-electron chi connectivity index (χ3n) is 4.12. The Morgan fingerprint density at radius 3 is 2.87 bits per heavy atom. The van der Waals surface area contributed by atoms with Crippen LogP contribution in [0.4, 0.5) is 0 Å². The molecule has 3 rings (SSSR count). The zero-order chi connectivity index (χ0) is 16.1. The van der Waals surface area contributed by atoms with Crippen molar-refractivity contribution >= 4 is 0 Å². The summed E-state index contributed by atoms with van der Waals surface area (Å²) < 4.78 is 16.1. The van der Waals surface area contributed by atoms with Crippen LogP contribution in [-0.4, -0.2) is 42.6 Å². The molecule has 124 valence electrons. The van der Waals surface area contributed by atoms with E-state index in [1.54, 1.807) is 14.2 Å². The van der Waals surface area contributed by atoms with Crippen molar-refractivity contribution in [2.24, 2.45) is 5.92 Å². The molecule has 0 spiro atoms. The Kier molecular flexibility index (Phi) is 5.12. The molecular weight excluding hydrogens is 294 g/mol. The van der Waals surface area contributed by atoms with E-state index in [9.17, 15) is 0 Å². The highest BCUT2D eigenvalue weighted by molar-refractivity contribution is 5.43. The Labute approximate surface area is 136 Å². The Morgan fingerprint density at radius 1 is 1.26 bits per heavy atom. The highest BCUT2D eigenvalue weighted by Gasteiger charge is 2.17. The number of aromatic amines is 1. The van der Waals surface area contributed by atoms with Crippen molar-refractivity contribution < 1.29 is 14.2 Å². The van der Waals surface area contributed by atoms with Crippen LogP contribution in [0.2, 0.25) is 0 Å². The molecule has 1 aromatic heterocycles. The number of nitrogens with one attached hydrogen (secondary N) is 1. The molecule has 1 aliphatic rings. The highest BCUT2D eigenvalue weighted by Crippen LogP contribution is 2.28. The molecular formula is C17H23N3O3. The van der Waals surface area contributed by atoms with Crippen LogP contribution in [0.25, 0.3) is 0 Å². The minimum absolute atomic E-state index is 0.536. The topological polar surface area (TPSA) is 69.3 Å². The summed E-state index contributed by atoms with van der Waals surface area (Å²) in [6.45, 7) is 1.70. The van der Waals surface area contributed by atoms with Gasteiger partial charge in [-0.3, -0.25) is 5.10 Å². The number of H-pyrrole nitrogens is 1. The molecule has 0 radical (unpaired) electrons. The first-order chi connectivity index (χ1) is 11.3. The summed E-state index contributed by atoms with van der Waals surface area (Å²) in [5.41, 5.74) is 1.10. The van der Waals surface area contributed by atoms with E-state index >= 15 is 0 Å². The number of hydrogen-bond donors (Lipinski definition) is 1. The lowest BCUT2D eigenvalue weighted by molar-refractivity contribution is 0.0543. The molecule has 1 unspecified atom stereocenters. The lowest BCUT2D eigenvalue weighted by Gasteiger charge is -2.20. The second kappa shape index (κ2) is 7.46. The number of aromatic nitrogens is 3. The first-order valence-electron chi connectivity index (χ1n) is 7.97. The summed E-state index contributed by atoms with van der Waals surface area (Å²) in [5.74, 6) is 3.73. The van der Waals surface area contributed by atoms with Crippen LogP contribution < -0.4 is 9.47 Å². The summed E-state index contributed by atoms with van der Waals surface area (Å²) in [6, 6.07) is 5.89. The van der Waals surface area contributed by atoms with Crippen molar-refractivity contribution in [1.82, 2.24) is 15.2 Å². The van der Waals surface area contributed by atoms with E-state index in [0.29, 0.717) is 12.3 Å². The van der Waals surface area contributed by atoms with Gasteiger partial charge in [-0.25, -0.2) is 4.98 Å². The van der Waals surface area contributed by atoms with Gasteiger partial charge in [-0.15, -0.1) is 0 Å². The lowest BCUT2D eigenvalue weighted by Crippen LogP contribution is -2.19. The van der Waals surface area contributed by atoms with Crippen LogP contribution in [0.1, 0.15) is 30.1 Å². The molecule has 1 N–H and O–H groups in total. The van der Waals surface area contributed by atoms with Crippen molar-refractivity contribution in [3.8, 4) is 11.5 Å². The molecule has 1 aromatic carbocycles. The largest absolute Gasteiger partial charge is 0.493 e. The van der Waals surface area contributed by atoms with Gasteiger partial charge in [0.25, 0.3) is 0 Å². The smallest absolute Gasteiger partial charge is 0.161 e. The van der Waals surface area contributed by atoms with Crippen LogP contribution in [0.15, 0.2) is 18.2 Å². The molecule has 1 aliphatic heterocycles. The minimum Gasteiger partial charge on any atom is -0.493 e. The Bertz CT molecular complexity index is 636. The van der Waals surface area contributed by atoms with Gasteiger partial charge in [0.1, 0.15) is 5.82 Å². The predicted molar refractivity (Wildman–Crippen MR) is 86.0 cm³/mol. The van der Waals surface area contributed by atoms with Crippen molar-refractivity contribution in [2.75, 3.05) is 27.4 Å². The molecule has 0 saturated carbocycles. The molecule has 2 aromatic rings. The van der Waals surface area contributed by atoms with E-state index in [2.05, 4.69) is 15.2 Å². The van der Waals surface area contributed by atoms with Gasteiger partial charge in [-0.05, 0) is 36.5 Å². The van der Waals surface area contributed by atoms with Crippen molar-refractivity contribution in [3.63, 3.8) is 0 Å². The van der Waals surface area contributed by atoms with Crippen molar-refractivity contribution in [2.45, 2.75) is 25.7 Å². The first-order valence-corrected chi connectivity index (χ1v) is 7.97. The first kappa shape index (κ1) is 15.8. The third-order valence-corrected chi connectivity index (χ3v) is 4.12. The Morgan fingerprint density at radius 2 is 2.13 bits per heavy atom. The Balaban J connectivity index is 1.64. The molecule has 1 fully saturated rings. The van der Waals surface area contributed by atoms with Crippen LogP contribution in [-0.2, 0) is 17.6 Å². The molecule has 0 aliphatic carbocycles. The molecule has 6 nitrogen and oxygen atoms in total. The second-order valence-electron chi connectivity index (χ2n) is 5.85. The van der Waals surface area contributed by atoms with Gasteiger partial charge in [0, 0.05) is 26.1 Å². The zero-order valence-electron chi connectivity index (χ0n) is 13.7. The second-order valence-corrected chi connectivity index (χ2v) is 5.85. The average molecular weight is 317 g/mol. The zero-order valence-corrected chi connectivity index (χ0v) is 13.7. The van der Waals surface area contributed by atoms with Gasteiger partial charge in [0.05, 0.1) is 14.2 Å². The molecule has 2 heterocycles. The molecule has 0 amide bonds. The summed E-state index contributed by atoms with van der Waals surface area (Å²) in [7, 11) is 3.27. The number of rotatable bonds is 6. The van der Waals surface area contributed by atoms with E-state index in [-0.39, 0.29) is 0 Å². The van der Waals surface area contributed by atoms with E-state index in [4.69, 9.17) is 14.2 Å². The monoisotopic (exact) mass is 317 g/mol. The molecule has 0 bridgehead atoms. The van der Waals surface area contributed by atoms with Crippen LogP contribution >= 0.6 is 0 Å². The SMILES string of the molecule is COc1ccc(Cc2nc(CC3CCCOC3)n[nH]2)cc1OC. The quantitative estimate of drug-likeness (QED) is 0.886. The fourth-order valence-electron chi connectivity index (χ4n) is 2.92. The van der Waals surface area contributed by atoms with E-state index < -0.39 is 0 Å². The number of benzene rings is 1. The molecule has 6 heteroatoms. The van der Waals surface area contributed by atoms with Gasteiger partial charge in [0.2, 0.25) is 0 Å². The third kappa shape index (κ3) is 4.01. The van der Waals surface area contributed by atoms with E-state index in [1.807, 2.05) is 18.2 Å². The fraction of sp³-hybridized carbons (Fsp3) is 0.529. The summed E-state index contributed by atoms with van der Waals surface area (Å²) in [5, 5.41) is 7.37. The number of ether oxygens (including phenoxy) is 3. The standard InChI is InChI=1S/C17H23N3O3/c1-21-14-6-5-12(8-15(14)22-2)9-16-18-17(20-19-16)10-13-4-3-7-23-11-13/h5-6,8,13H,3-4,7,9-11H2,1-2H3,(H,18,19,20). The van der Waals surface area contributed by atoms with Crippen molar-refractivity contribution in [1.29, 1.82) is 0 Å². The molecule has 23 heavy (non-hydrogen) atoms. The van der Waals surface area contributed by atoms with Gasteiger partial charge < -0.3 is 14.2 Å². The van der Waals surface area contributed by atoms with Gasteiger partial charge in [0.15, 0.2) is 17.3 Å². The maximum Gasteiger partial charge on any atom is 0.161 e. The van der Waals surface area contributed by atoms with Crippen LogP contribution in [0, 0.1) is 5.92 Å². The summed E-state index contributed by atoms with van der Waals surface area (Å²) in [4.78, 5) is 4.60. The molecule has 1 saturated heterocycles. The predicted octanol–water partition coefficient (Wildman–Crippen LogP) is 2.38. The number of nitrogens with zero attached hydrogens (tertiary/aromatic N) is 2. The maximum atomic E-state index is 5.51. The molecule has 1 atom stereocenters. The average Bonchev–Trinajstić information content (AvgIpc) is 3.02. The van der Waals surface area contributed by atoms with E-state index in [0.717, 1.165) is 54.8 Å². The summed E-state index contributed by atoms with van der Waals surface area (Å²) in [6.07, 6.45) is 3.89. The Hall–Kier alpha value is -2.08.